The summed E-state index contributed by atoms with van der Waals surface area (Å²) in [5.41, 5.74) is 0.958. The molecule has 0 aliphatic heterocycles. The van der Waals surface area contributed by atoms with Crippen LogP contribution in [0.5, 0.6) is 0 Å². The van der Waals surface area contributed by atoms with Crippen LogP contribution in [0.2, 0.25) is 0 Å². The van der Waals surface area contributed by atoms with Crippen LogP contribution in [0.4, 0.5) is 0 Å². The second-order valence-electron chi connectivity index (χ2n) is 5.09. The lowest BCUT2D eigenvalue weighted by atomic mass is 10.0. The number of ether oxygens (including phenoxy) is 1. The van der Waals surface area contributed by atoms with Gasteiger partial charge in [0.15, 0.2) is 0 Å². The van der Waals surface area contributed by atoms with Gasteiger partial charge in [0.2, 0.25) is 0 Å². The standard InChI is InChI=1S/C16H23NO2/c1-4-17-14(9-12(2)11-18-3)16-10-13-7-5-6-8-15(13)19-16/h5-8,10,12,14,17H,4,9,11H2,1-3H3. The van der Waals surface area contributed by atoms with Crippen LogP contribution in [-0.4, -0.2) is 20.3 Å². The number of rotatable bonds is 7. The molecule has 0 bridgehead atoms. The molecule has 0 saturated carbocycles. The average Bonchev–Trinajstić information content (AvgIpc) is 2.82. The van der Waals surface area contributed by atoms with Gasteiger partial charge in [-0.15, -0.1) is 0 Å². The van der Waals surface area contributed by atoms with Gasteiger partial charge < -0.3 is 14.5 Å². The molecule has 0 radical (unpaired) electrons. The number of methoxy groups -OCH3 is 1. The lowest BCUT2D eigenvalue weighted by Gasteiger charge is -2.19. The lowest BCUT2D eigenvalue weighted by molar-refractivity contribution is 0.147. The molecular formula is C16H23NO2. The fraction of sp³-hybridized carbons (Fsp3) is 0.500. The summed E-state index contributed by atoms with van der Waals surface area (Å²) in [6.45, 7) is 6.04. The van der Waals surface area contributed by atoms with Crippen molar-refractivity contribution in [1.82, 2.24) is 5.32 Å². The minimum absolute atomic E-state index is 0.252. The first-order valence-corrected chi connectivity index (χ1v) is 6.95. The van der Waals surface area contributed by atoms with Crippen molar-refractivity contribution in [3.05, 3.63) is 36.1 Å². The van der Waals surface area contributed by atoms with E-state index in [1.165, 1.54) is 5.39 Å². The first kappa shape index (κ1) is 14.1. The van der Waals surface area contributed by atoms with E-state index in [0.717, 1.165) is 30.9 Å². The Morgan fingerprint density at radius 3 is 2.79 bits per heavy atom. The van der Waals surface area contributed by atoms with Crippen molar-refractivity contribution in [2.45, 2.75) is 26.3 Å². The van der Waals surface area contributed by atoms with Gasteiger partial charge in [0.25, 0.3) is 0 Å². The van der Waals surface area contributed by atoms with E-state index < -0.39 is 0 Å². The Kier molecular flexibility index (Phi) is 5.00. The molecule has 1 aromatic heterocycles. The topological polar surface area (TPSA) is 34.4 Å². The molecule has 1 aromatic carbocycles. The number of nitrogens with one attached hydrogen (secondary N) is 1. The van der Waals surface area contributed by atoms with Crippen molar-refractivity contribution in [3.8, 4) is 0 Å². The fourth-order valence-corrected chi connectivity index (χ4v) is 2.48. The number of hydrogen-bond acceptors (Lipinski definition) is 3. The van der Waals surface area contributed by atoms with Gasteiger partial charge in [-0.1, -0.05) is 32.0 Å². The highest BCUT2D eigenvalue weighted by atomic mass is 16.5. The van der Waals surface area contributed by atoms with E-state index in [1.807, 2.05) is 18.2 Å². The molecule has 1 heterocycles. The molecule has 2 atom stereocenters. The van der Waals surface area contributed by atoms with Gasteiger partial charge in [-0.25, -0.2) is 0 Å². The molecular weight excluding hydrogens is 238 g/mol. The minimum Gasteiger partial charge on any atom is -0.459 e. The summed E-state index contributed by atoms with van der Waals surface area (Å²) in [5.74, 6) is 1.52. The zero-order valence-electron chi connectivity index (χ0n) is 12.0. The Bertz CT molecular complexity index is 473. The van der Waals surface area contributed by atoms with E-state index in [0.29, 0.717) is 5.92 Å². The molecule has 1 N–H and O–H groups in total. The monoisotopic (exact) mass is 261 g/mol. The van der Waals surface area contributed by atoms with Crippen LogP contribution in [-0.2, 0) is 4.74 Å². The van der Waals surface area contributed by atoms with E-state index in [9.17, 15) is 0 Å². The smallest absolute Gasteiger partial charge is 0.134 e. The molecule has 3 heteroatoms. The summed E-state index contributed by atoms with van der Waals surface area (Å²) >= 11 is 0. The molecule has 0 amide bonds. The van der Waals surface area contributed by atoms with Crippen LogP contribution in [0.25, 0.3) is 11.0 Å². The van der Waals surface area contributed by atoms with Crippen LogP contribution in [0, 0.1) is 5.92 Å². The highest BCUT2D eigenvalue weighted by molar-refractivity contribution is 5.77. The van der Waals surface area contributed by atoms with E-state index in [4.69, 9.17) is 9.15 Å². The molecule has 2 rings (SSSR count). The number of hydrogen-bond donors (Lipinski definition) is 1. The molecule has 0 fully saturated rings. The zero-order chi connectivity index (χ0) is 13.7. The van der Waals surface area contributed by atoms with Crippen molar-refractivity contribution < 1.29 is 9.15 Å². The van der Waals surface area contributed by atoms with Crippen molar-refractivity contribution in [1.29, 1.82) is 0 Å². The van der Waals surface area contributed by atoms with Crippen LogP contribution in [0.15, 0.2) is 34.7 Å². The molecule has 19 heavy (non-hydrogen) atoms. The molecule has 104 valence electrons. The predicted octanol–water partition coefficient (Wildman–Crippen LogP) is 3.76. The summed E-state index contributed by atoms with van der Waals surface area (Å²) in [4.78, 5) is 0. The van der Waals surface area contributed by atoms with Crippen LogP contribution in [0.3, 0.4) is 0 Å². The number of para-hydroxylation sites is 1. The van der Waals surface area contributed by atoms with Crippen LogP contribution < -0.4 is 5.32 Å². The van der Waals surface area contributed by atoms with Gasteiger partial charge in [0, 0.05) is 19.1 Å². The Morgan fingerprint density at radius 1 is 1.32 bits per heavy atom. The number of benzene rings is 1. The van der Waals surface area contributed by atoms with Crippen molar-refractivity contribution in [3.63, 3.8) is 0 Å². The van der Waals surface area contributed by atoms with Gasteiger partial charge in [-0.3, -0.25) is 0 Å². The fourth-order valence-electron chi connectivity index (χ4n) is 2.48. The summed E-state index contributed by atoms with van der Waals surface area (Å²) < 4.78 is 11.2. The van der Waals surface area contributed by atoms with Gasteiger partial charge in [-0.2, -0.15) is 0 Å². The maximum atomic E-state index is 5.96. The Balaban J connectivity index is 2.17. The summed E-state index contributed by atoms with van der Waals surface area (Å²) in [7, 11) is 1.75. The van der Waals surface area contributed by atoms with E-state index in [1.54, 1.807) is 7.11 Å². The SMILES string of the molecule is CCNC(CC(C)COC)c1cc2ccccc2o1. The third kappa shape index (κ3) is 3.58. The first-order valence-electron chi connectivity index (χ1n) is 6.95. The largest absolute Gasteiger partial charge is 0.459 e. The Labute approximate surface area is 114 Å². The third-order valence-electron chi connectivity index (χ3n) is 3.33. The van der Waals surface area contributed by atoms with Gasteiger partial charge in [0.05, 0.1) is 6.04 Å². The second kappa shape index (κ2) is 6.73. The maximum absolute atomic E-state index is 5.96. The zero-order valence-corrected chi connectivity index (χ0v) is 12.0. The molecule has 2 unspecified atom stereocenters. The molecule has 0 saturated heterocycles. The van der Waals surface area contributed by atoms with Gasteiger partial charge in [0.1, 0.15) is 11.3 Å². The first-order chi connectivity index (χ1) is 9.24. The highest BCUT2D eigenvalue weighted by Gasteiger charge is 2.18. The number of furan rings is 1. The Morgan fingerprint density at radius 2 is 2.11 bits per heavy atom. The predicted molar refractivity (Wildman–Crippen MR) is 78.3 cm³/mol. The normalized spacial score (nSPS) is 14.7. The maximum Gasteiger partial charge on any atom is 0.134 e. The van der Waals surface area contributed by atoms with E-state index in [2.05, 4.69) is 31.3 Å². The molecule has 3 nitrogen and oxygen atoms in total. The summed E-state index contributed by atoms with van der Waals surface area (Å²) in [6.07, 6.45) is 1.02. The van der Waals surface area contributed by atoms with Crippen LogP contribution >= 0.6 is 0 Å². The average molecular weight is 261 g/mol. The second-order valence-corrected chi connectivity index (χ2v) is 5.09. The van der Waals surface area contributed by atoms with Crippen molar-refractivity contribution in [2.24, 2.45) is 5.92 Å². The van der Waals surface area contributed by atoms with Gasteiger partial charge >= 0.3 is 0 Å². The molecule has 0 aliphatic carbocycles. The Hall–Kier alpha value is -1.32. The quantitative estimate of drug-likeness (QED) is 0.824. The molecule has 2 aromatic rings. The third-order valence-corrected chi connectivity index (χ3v) is 3.33. The summed E-state index contributed by atoms with van der Waals surface area (Å²) in [6, 6.07) is 10.5. The van der Waals surface area contributed by atoms with E-state index in [-0.39, 0.29) is 6.04 Å². The van der Waals surface area contributed by atoms with E-state index >= 15 is 0 Å². The van der Waals surface area contributed by atoms with Crippen LogP contribution in [0.1, 0.15) is 32.1 Å². The lowest BCUT2D eigenvalue weighted by Crippen LogP contribution is -2.23. The molecule has 0 aliphatic rings. The molecule has 0 spiro atoms. The summed E-state index contributed by atoms with van der Waals surface area (Å²) in [5, 5.41) is 4.67. The van der Waals surface area contributed by atoms with Gasteiger partial charge in [-0.05, 0) is 31.0 Å². The van der Waals surface area contributed by atoms with Crippen molar-refractivity contribution >= 4 is 11.0 Å². The number of fused-ring (bicyclic) bond motifs is 1. The highest BCUT2D eigenvalue weighted by Crippen LogP contribution is 2.27. The minimum atomic E-state index is 0.252. The van der Waals surface area contributed by atoms with Crippen molar-refractivity contribution in [2.75, 3.05) is 20.3 Å².